The van der Waals surface area contributed by atoms with Crippen LogP contribution in [0.5, 0.6) is 5.75 Å². The van der Waals surface area contributed by atoms with Gasteiger partial charge in [-0.15, -0.1) is 0 Å². The van der Waals surface area contributed by atoms with Crippen molar-refractivity contribution in [3.63, 3.8) is 0 Å². The van der Waals surface area contributed by atoms with Crippen molar-refractivity contribution in [1.82, 2.24) is 0 Å². The predicted octanol–water partition coefficient (Wildman–Crippen LogP) is 3.48. The third kappa shape index (κ3) is 3.01. The van der Waals surface area contributed by atoms with Crippen LogP contribution in [0.15, 0.2) is 12.1 Å². The van der Waals surface area contributed by atoms with E-state index in [0.717, 1.165) is 6.42 Å². The zero-order chi connectivity index (χ0) is 11.4. The van der Waals surface area contributed by atoms with E-state index >= 15 is 0 Å². The molecular weight excluding hydrogens is 239 g/mol. The van der Waals surface area contributed by atoms with Crippen molar-refractivity contribution in [1.29, 1.82) is 0 Å². The number of benzene rings is 1. The third-order valence-corrected chi connectivity index (χ3v) is 2.44. The average molecular weight is 249 g/mol. The van der Waals surface area contributed by atoms with Crippen LogP contribution in [0.1, 0.15) is 23.7 Å². The number of carbonyl (C=O) groups is 1. The van der Waals surface area contributed by atoms with Crippen molar-refractivity contribution in [3.05, 3.63) is 27.7 Å². The van der Waals surface area contributed by atoms with Crippen molar-refractivity contribution < 1.29 is 14.6 Å². The van der Waals surface area contributed by atoms with Gasteiger partial charge >= 0.3 is 5.97 Å². The molecule has 0 radical (unpaired) electrons. The van der Waals surface area contributed by atoms with E-state index < -0.39 is 5.97 Å². The number of halogens is 2. The maximum absolute atomic E-state index is 10.9. The average Bonchev–Trinajstić information content (AvgIpc) is 2.19. The molecule has 0 unspecified atom stereocenters. The highest BCUT2D eigenvalue weighted by molar-refractivity contribution is 6.42. The minimum absolute atomic E-state index is 0.0258. The molecule has 0 aliphatic carbocycles. The van der Waals surface area contributed by atoms with Crippen LogP contribution >= 0.6 is 23.2 Å². The molecule has 3 nitrogen and oxygen atoms in total. The first-order chi connectivity index (χ1) is 7.06. The molecule has 82 valence electrons. The van der Waals surface area contributed by atoms with Crippen molar-refractivity contribution >= 4 is 29.2 Å². The topological polar surface area (TPSA) is 46.5 Å². The van der Waals surface area contributed by atoms with E-state index in [0.29, 0.717) is 6.61 Å². The fraction of sp³-hybridized carbons (Fsp3) is 0.300. The molecule has 0 saturated carbocycles. The fourth-order valence-corrected chi connectivity index (χ4v) is 1.34. The lowest BCUT2D eigenvalue weighted by atomic mass is 10.2. The first-order valence-electron chi connectivity index (χ1n) is 4.41. The quantitative estimate of drug-likeness (QED) is 0.888. The molecule has 1 aromatic rings. The van der Waals surface area contributed by atoms with Gasteiger partial charge in [0.15, 0.2) is 0 Å². The Balaban J connectivity index is 3.10. The minimum Gasteiger partial charge on any atom is -0.493 e. The summed E-state index contributed by atoms with van der Waals surface area (Å²) in [5.41, 5.74) is 0.0258. The van der Waals surface area contributed by atoms with Gasteiger partial charge in [-0.1, -0.05) is 30.1 Å². The number of aromatic carboxylic acids is 1. The first kappa shape index (κ1) is 12.1. The maximum atomic E-state index is 10.9. The molecule has 15 heavy (non-hydrogen) atoms. The highest BCUT2D eigenvalue weighted by Gasteiger charge is 2.14. The van der Waals surface area contributed by atoms with Gasteiger partial charge in [-0.25, -0.2) is 4.79 Å². The summed E-state index contributed by atoms with van der Waals surface area (Å²) in [6, 6.07) is 2.71. The Hall–Kier alpha value is -0.930. The van der Waals surface area contributed by atoms with E-state index in [1.807, 2.05) is 6.92 Å². The van der Waals surface area contributed by atoms with E-state index in [2.05, 4.69) is 0 Å². The lowest BCUT2D eigenvalue weighted by Gasteiger charge is -2.09. The van der Waals surface area contributed by atoms with Gasteiger partial charge in [-0.2, -0.15) is 0 Å². The Morgan fingerprint density at radius 3 is 2.53 bits per heavy atom. The second-order valence-electron chi connectivity index (χ2n) is 2.92. The lowest BCUT2D eigenvalue weighted by molar-refractivity contribution is 0.0692. The molecular formula is C10H10Cl2O3. The number of ether oxygens (including phenoxy) is 1. The van der Waals surface area contributed by atoms with Crippen molar-refractivity contribution in [3.8, 4) is 5.75 Å². The van der Waals surface area contributed by atoms with Crippen LogP contribution < -0.4 is 4.74 Å². The van der Waals surface area contributed by atoms with Gasteiger partial charge in [0.25, 0.3) is 0 Å². The van der Waals surface area contributed by atoms with Crippen molar-refractivity contribution in [2.24, 2.45) is 0 Å². The second kappa shape index (κ2) is 5.24. The summed E-state index contributed by atoms with van der Waals surface area (Å²) in [6.45, 7) is 2.37. The fourth-order valence-electron chi connectivity index (χ4n) is 1.03. The molecule has 5 heteroatoms. The molecule has 0 aliphatic rings. The zero-order valence-electron chi connectivity index (χ0n) is 8.09. The molecule has 1 aromatic carbocycles. The Kier molecular flexibility index (Phi) is 4.24. The van der Waals surface area contributed by atoms with Crippen molar-refractivity contribution in [2.45, 2.75) is 13.3 Å². The van der Waals surface area contributed by atoms with E-state index in [1.165, 1.54) is 12.1 Å². The second-order valence-corrected chi connectivity index (χ2v) is 3.73. The molecule has 0 saturated heterocycles. The number of hydrogen-bond donors (Lipinski definition) is 1. The smallest absolute Gasteiger partial charge is 0.339 e. The van der Waals surface area contributed by atoms with Gasteiger partial charge < -0.3 is 9.84 Å². The van der Waals surface area contributed by atoms with Crippen LogP contribution in [0.2, 0.25) is 10.0 Å². The molecule has 1 rings (SSSR count). The van der Waals surface area contributed by atoms with Crippen LogP contribution in [-0.2, 0) is 0 Å². The van der Waals surface area contributed by atoms with Gasteiger partial charge in [0.1, 0.15) is 11.3 Å². The maximum Gasteiger partial charge on any atom is 0.339 e. The molecule has 0 amide bonds. The highest BCUT2D eigenvalue weighted by atomic mass is 35.5. The number of hydrogen-bond acceptors (Lipinski definition) is 2. The molecule has 0 aromatic heterocycles. The van der Waals surface area contributed by atoms with Crippen LogP contribution in [0.3, 0.4) is 0 Å². The first-order valence-corrected chi connectivity index (χ1v) is 5.17. The summed E-state index contributed by atoms with van der Waals surface area (Å²) < 4.78 is 5.26. The van der Waals surface area contributed by atoms with Crippen LogP contribution in [0.4, 0.5) is 0 Å². The Morgan fingerprint density at radius 1 is 1.40 bits per heavy atom. The Morgan fingerprint density at radius 2 is 2.00 bits per heavy atom. The summed E-state index contributed by atoms with van der Waals surface area (Å²) in [4.78, 5) is 10.9. The van der Waals surface area contributed by atoms with E-state index in [9.17, 15) is 4.79 Å². The van der Waals surface area contributed by atoms with E-state index in [1.54, 1.807) is 0 Å². The molecule has 0 atom stereocenters. The summed E-state index contributed by atoms with van der Waals surface area (Å²) in [7, 11) is 0. The molecule has 0 spiro atoms. The lowest BCUT2D eigenvalue weighted by Crippen LogP contribution is -2.04. The molecule has 1 N–H and O–H groups in total. The minimum atomic E-state index is -1.08. The number of rotatable bonds is 4. The van der Waals surface area contributed by atoms with Gasteiger partial charge in [-0.3, -0.25) is 0 Å². The molecule has 0 heterocycles. The van der Waals surface area contributed by atoms with E-state index in [4.69, 9.17) is 33.0 Å². The standard InChI is InChI=1S/C10H10Cl2O3/c1-2-3-15-9-5-8(12)7(11)4-6(9)10(13)14/h4-5H,2-3H2,1H3,(H,13,14). The summed E-state index contributed by atoms with van der Waals surface area (Å²) >= 11 is 11.5. The SMILES string of the molecule is CCCOc1cc(Cl)c(Cl)cc1C(=O)O. The summed E-state index contributed by atoms with van der Waals surface area (Å²) in [5.74, 6) is -0.835. The molecule has 0 aliphatic heterocycles. The number of carboxylic acids is 1. The zero-order valence-corrected chi connectivity index (χ0v) is 9.60. The molecule has 0 bridgehead atoms. The van der Waals surface area contributed by atoms with Crippen LogP contribution in [0, 0.1) is 0 Å². The van der Waals surface area contributed by atoms with E-state index in [-0.39, 0.29) is 21.4 Å². The van der Waals surface area contributed by atoms with Gasteiger partial charge in [0.2, 0.25) is 0 Å². The Labute approximate surface area is 97.6 Å². The highest BCUT2D eigenvalue weighted by Crippen LogP contribution is 2.30. The van der Waals surface area contributed by atoms with Crippen LogP contribution in [0.25, 0.3) is 0 Å². The largest absolute Gasteiger partial charge is 0.493 e. The summed E-state index contributed by atoms with van der Waals surface area (Å²) in [5, 5.41) is 9.39. The van der Waals surface area contributed by atoms with Gasteiger partial charge in [0.05, 0.1) is 16.7 Å². The third-order valence-electron chi connectivity index (χ3n) is 1.71. The predicted molar refractivity (Wildman–Crippen MR) is 59.2 cm³/mol. The number of carboxylic acid groups (broad SMARTS) is 1. The molecule has 0 fully saturated rings. The van der Waals surface area contributed by atoms with Crippen LogP contribution in [-0.4, -0.2) is 17.7 Å². The van der Waals surface area contributed by atoms with Crippen molar-refractivity contribution in [2.75, 3.05) is 6.61 Å². The van der Waals surface area contributed by atoms with Gasteiger partial charge in [0, 0.05) is 6.07 Å². The Bertz CT molecular complexity index is 377. The normalized spacial score (nSPS) is 10.1. The van der Waals surface area contributed by atoms with Gasteiger partial charge in [-0.05, 0) is 12.5 Å². The summed E-state index contributed by atoms with van der Waals surface area (Å²) in [6.07, 6.45) is 0.791. The monoisotopic (exact) mass is 248 g/mol.